The molecule has 0 aliphatic carbocycles. The number of fused-ring (bicyclic) bond motifs is 1. The molecule has 0 bridgehead atoms. The average Bonchev–Trinajstić information content (AvgIpc) is 3.28. The summed E-state index contributed by atoms with van der Waals surface area (Å²) in [6.45, 7) is 4.25. The van der Waals surface area contributed by atoms with Crippen LogP contribution in [0.4, 0.5) is 5.13 Å². The summed E-state index contributed by atoms with van der Waals surface area (Å²) in [7, 11) is 0. The molecule has 0 unspecified atom stereocenters. The van der Waals surface area contributed by atoms with E-state index in [1.807, 2.05) is 30.3 Å². The van der Waals surface area contributed by atoms with Crippen LogP contribution in [0.5, 0.6) is 0 Å². The summed E-state index contributed by atoms with van der Waals surface area (Å²) in [5.74, 6) is 0.911. The van der Waals surface area contributed by atoms with Crippen molar-refractivity contribution in [1.29, 1.82) is 0 Å². The Bertz CT molecular complexity index is 1090. The normalized spacial score (nSPS) is 11.2. The van der Waals surface area contributed by atoms with Gasteiger partial charge in [-0.25, -0.2) is 0 Å². The third kappa shape index (κ3) is 3.73. The highest BCUT2D eigenvalue weighted by Gasteiger charge is 2.15. The van der Waals surface area contributed by atoms with Crippen LogP contribution in [0, 0.1) is 5.92 Å². The number of hydrogen-bond donors (Lipinski definition) is 1. The van der Waals surface area contributed by atoms with Gasteiger partial charge in [-0.15, -0.1) is 10.2 Å². The zero-order valence-electron chi connectivity index (χ0n) is 15.0. The standard InChI is InChI=1S/C20H18N4O2S/c1-12(2)10-17-22-23-20(27-17)21-19(25)14-8-9-16-15(11-14)18(26-24-16)13-6-4-3-5-7-13/h3-9,11-12H,10H2,1-2H3,(H,21,23,25). The van der Waals surface area contributed by atoms with Gasteiger partial charge in [0.2, 0.25) is 5.13 Å². The Morgan fingerprint density at radius 1 is 1.15 bits per heavy atom. The van der Waals surface area contributed by atoms with Crippen molar-refractivity contribution in [3.05, 3.63) is 59.1 Å². The highest BCUT2D eigenvalue weighted by molar-refractivity contribution is 7.15. The fraction of sp³-hybridized carbons (Fsp3) is 0.200. The monoisotopic (exact) mass is 378 g/mol. The Kier molecular flexibility index (Phi) is 4.68. The Hall–Kier alpha value is -3.06. The summed E-state index contributed by atoms with van der Waals surface area (Å²) < 4.78 is 5.49. The van der Waals surface area contributed by atoms with E-state index in [-0.39, 0.29) is 5.91 Å². The molecule has 0 saturated heterocycles. The molecule has 2 heterocycles. The Labute approximate surface area is 160 Å². The summed E-state index contributed by atoms with van der Waals surface area (Å²) in [6.07, 6.45) is 0.848. The molecule has 4 aromatic rings. The molecular weight excluding hydrogens is 360 g/mol. The van der Waals surface area contributed by atoms with Gasteiger partial charge in [0.1, 0.15) is 10.5 Å². The van der Waals surface area contributed by atoms with Crippen molar-refractivity contribution in [2.75, 3.05) is 5.32 Å². The van der Waals surface area contributed by atoms with Gasteiger partial charge in [-0.3, -0.25) is 10.1 Å². The van der Waals surface area contributed by atoms with Gasteiger partial charge in [0.05, 0.1) is 5.39 Å². The van der Waals surface area contributed by atoms with Crippen molar-refractivity contribution < 1.29 is 9.32 Å². The molecule has 0 aliphatic rings. The summed E-state index contributed by atoms with van der Waals surface area (Å²) in [5, 5.41) is 17.3. The lowest BCUT2D eigenvalue weighted by Gasteiger charge is -2.02. The van der Waals surface area contributed by atoms with Crippen molar-refractivity contribution in [2.24, 2.45) is 5.92 Å². The van der Waals surface area contributed by atoms with Crippen molar-refractivity contribution in [2.45, 2.75) is 20.3 Å². The smallest absolute Gasteiger partial charge is 0.257 e. The molecular formula is C20H18N4O2S. The fourth-order valence-electron chi connectivity index (χ4n) is 2.79. The zero-order chi connectivity index (χ0) is 18.8. The molecule has 6 nitrogen and oxygen atoms in total. The number of anilines is 1. The second-order valence-electron chi connectivity index (χ2n) is 6.66. The first-order chi connectivity index (χ1) is 13.1. The minimum Gasteiger partial charge on any atom is -0.355 e. The van der Waals surface area contributed by atoms with E-state index in [4.69, 9.17) is 4.52 Å². The van der Waals surface area contributed by atoms with Crippen LogP contribution < -0.4 is 5.32 Å². The predicted molar refractivity (Wildman–Crippen MR) is 106 cm³/mol. The maximum Gasteiger partial charge on any atom is 0.257 e. The summed E-state index contributed by atoms with van der Waals surface area (Å²) in [6, 6.07) is 15.0. The lowest BCUT2D eigenvalue weighted by Crippen LogP contribution is -2.11. The van der Waals surface area contributed by atoms with Gasteiger partial charge in [0.25, 0.3) is 5.91 Å². The molecule has 136 valence electrons. The van der Waals surface area contributed by atoms with Crippen LogP contribution in [0.1, 0.15) is 29.2 Å². The number of hydrogen-bond acceptors (Lipinski definition) is 6. The molecule has 0 saturated carbocycles. The summed E-state index contributed by atoms with van der Waals surface area (Å²) >= 11 is 1.40. The second kappa shape index (κ2) is 7.28. The van der Waals surface area contributed by atoms with Crippen molar-refractivity contribution in [3.63, 3.8) is 0 Å². The molecule has 27 heavy (non-hydrogen) atoms. The maximum atomic E-state index is 12.6. The van der Waals surface area contributed by atoms with E-state index in [0.29, 0.717) is 27.9 Å². The van der Waals surface area contributed by atoms with Crippen molar-refractivity contribution in [1.82, 2.24) is 15.4 Å². The number of aromatic nitrogens is 3. The van der Waals surface area contributed by atoms with Gasteiger partial charge in [-0.05, 0) is 24.1 Å². The number of carbonyl (C=O) groups is 1. The van der Waals surface area contributed by atoms with Crippen LogP contribution in [-0.2, 0) is 6.42 Å². The van der Waals surface area contributed by atoms with Gasteiger partial charge in [0, 0.05) is 17.5 Å². The zero-order valence-corrected chi connectivity index (χ0v) is 15.8. The van der Waals surface area contributed by atoms with E-state index in [1.165, 1.54) is 11.3 Å². The number of nitrogens with one attached hydrogen (secondary N) is 1. The van der Waals surface area contributed by atoms with Crippen LogP contribution in [0.2, 0.25) is 0 Å². The SMILES string of the molecule is CC(C)Cc1nnc(NC(=O)c2ccc3noc(-c4ccccc4)c3c2)s1. The molecule has 2 aromatic carbocycles. The van der Waals surface area contributed by atoms with Crippen LogP contribution in [0.15, 0.2) is 53.1 Å². The fourth-order valence-corrected chi connectivity index (χ4v) is 3.73. The molecule has 0 aliphatic heterocycles. The minimum atomic E-state index is -0.232. The molecule has 0 fully saturated rings. The van der Waals surface area contributed by atoms with Gasteiger partial charge in [-0.1, -0.05) is 60.7 Å². The van der Waals surface area contributed by atoms with Gasteiger partial charge >= 0.3 is 0 Å². The van der Waals surface area contributed by atoms with E-state index in [2.05, 4.69) is 34.5 Å². The minimum absolute atomic E-state index is 0.232. The third-order valence-electron chi connectivity index (χ3n) is 4.04. The Morgan fingerprint density at radius 3 is 2.74 bits per heavy atom. The lowest BCUT2D eigenvalue weighted by atomic mass is 10.1. The predicted octanol–water partition coefficient (Wildman–Crippen LogP) is 4.80. The molecule has 0 radical (unpaired) electrons. The lowest BCUT2D eigenvalue weighted by molar-refractivity contribution is 0.102. The van der Waals surface area contributed by atoms with Crippen LogP contribution in [0.25, 0.3) is 22.2 Å². The topological polar surface area (TPSA) is 80.9 Å². The maximum absolute atomic E-state index is 12.6. The summed E-state index contributed by atoms with van der Waals surface area (Å²) in [4.78, 5) is 12.6. The molecule has 7 heteroatoms. The number of carbonyl (C=O) groups excluding carboxylic acids is 1. The number of nitrogens with zero attached hydrogens (tertiary/aromatic N) is 3. The van der Waals surface area contributed by atoms with E-state index >= 15 is 0 Å². The van der Waals surface area contributed by atoms with Crippen LogP contribution in [0.3, 0.4) is 0 Å². The summed E-state index contributed by atoms with van der Waals surface area (Å²) in [5.41, 5.74) is 2.14. The Morgan fingerprint density at radius 2 is 1.96 bits per heavy atom. The first kappa shape index (κ1) is 17.4. The number of amides is 1. The first-order valence-corrected chi connectivity index (χ1v) is 9.50. The van der Waals surface area contributed by atoms with E-state index in [9.17, 15) is 4.79 Å². The van der Waals surface area contributed by atoms with Gasteiger partial charge in [0.15, 0.2) is 5.76 Å². The first-order valence-electron chi connectivity index (χ1n) is 8.69. The number of benzene rings is 2. The molecule has 0 atom stereocenters. The number of rotatable bonds is 5. The average molecular weight is 378 g/mol. The van der Waals surface area contributed by atoms with Crippen molar-refractivity contribution in [3.8, 4) is 11.3 Å². The molecule has 4 rings (SSSR count). The van der Waals surface area contributed by atoms with E-state index in [0.717, 1.165) is 22.4 Å². The van der Waals surface area contributed by atoms with Crippen LogP contribution >= 0.6 is 11.3 Å². The second-order valence-corrected chi connectivity index (χ2v) is 7.72. The van der Waals surface area contributed by atoms with Crippen molar-refractivity contribution >= 4 is 33.3 Å². The quantitative estimate of drug-likeness (QED) is 0.540. The van der Waals surface area contributed by atoms with E-state index in [1.54, 1.807) is 18.2 Å². The largest absolute Gasteiger partial charge is 0.355 e. The molecule has 1 amide bonds. The Balaban J connectivity index is 1.60. The van der Waals surface area contributed by atoms with Gasteiger partial charge in [-0.2, -0.15) is 0 Å². The molecule has 0 spiro atoms. The highest BCUT2D eigenvalue weighted by atomic mass is 32.1. The molecule has 1 N–H and O–H groups in total. The van der Waals surface area contributed by atoms with Gasteiger partial charge < -0.3 is 4.52 Å². The van der Waals surface area contributed by atoms with Crippen LogP contribution in [-0.4, -0.2) is 21.3 Å². The molecule has 2 aromatic heterocycles. The highest BCUT2D eigenvalue weighted by Crippen LogP contribution is 2.29. The third-order valence-corrected chi connectivity index (χ3v) is 4.91. The van der Waals surface area contributed by atoms with E-state index < -0.39 is 0 Å².